The number of amides is 1. The standard InChI is InChI=1S/C12H13NO3/c1-13-12(15)10-6-5-9(4-3-7-14)8-11(10)16-2/h3-8H,1-2H3,(H,13,15)/b4-3+. The molecule has 0 spiro atoms. The summed E-state index contributed by atoms with van der Waals surface area (Å²) in [6, 6.07) is 5.10. The Balaban J connectivity index is 3.11. The number of methoxy groups -OCH3 is 1. The van der Waals surface area contributed by atoms with Gasteiger partial charge in [0.15, 0.2) is 0 Å². The molecule has 1 amide bonds. The molecule has 0 saturated carbocycles. The average molecular weight is 219 g/mol. The molecule has 84 valence electrons. The first-order valence-electron chi connectivity index (χ1n) is 4.75. The number of hydrogen-bond acceptors (Lipinski definition) is 3. The number of ether oxygens (including phenoxy) is 1. The maximum Gasteiger partial charge on any atom is 0.254 e. The van der Waals surface area contributed by atoms with E-state index >= 15 is 0 Å². The smallest absolute Gasteiger partial charge is 0.254 e. The second-order valence-electron chi connectivity index (χ2n) is 3.03. The Hall–Kier alpha value is -2.10. The summed E-state index contributed by atoms with van der Waals surface area (Å²) in [5.41, 5.74) is 1.27. The van der Waals surface area contributed by atoms with Gasteiger partial charge in [-0.1, -0.05) is 12.1 Å². The van der Waals surface area contributed by atoms with Crippen LogP contribution < -0.4 is 10.1 Å². The van der Waals surface area contributed by atoms with Gasteiger partial charge in [0.25, 0.3) is 5.91 Å². The van der Waals surface area contributed by atoms with Crippen molar-refractivity contribution in [1.82, 2.24) is 5.32 Å². The van der Waals surface area contributed by atoms with Crippen molar-refractivity contribution < 1.29 is 14.3 Å². The van der Waals surface area contributed by atoms with E-state index in [0.29, 0.717) is 17.6 Å². The van der Waals surface area contributed by atoms with Gasteiger partial charge in [0.2, 0.25) is 0 Å². The van der Waals surface area contributed by atoms with Gasteiger partial charge in [0, 0.05) is 7.05 Å². The number of hydrogen-bond donors (Lipinski definition) is 1. The first-order valence-corrected chi connectivity index (χ1v) is 4.75. The molecule has 0 unspecified atom stereocenters. The van der Waals surface area contributed by atoms with Crippen LogP contribution in [0.25, 0.3) is 6.08 Å². The molecule has 4 nitrogen and oxygen atoms in total. The summed E-state index contributed by atoms with van der Waals surface area (Å²) in [4.78, 5) is 21.6. The summed E-state index contributed by atoms with van der Waals surface area (Å²) in [7, 11) is 3.05. The molecule has 0 aliphatic heterocycles. The summed E-state index contributed by atoms with van der Waals surface area (Å²) < 4.78 is 5.11. The predicted molar refractivity (Wildman–Crippen MR) is 61.5 cm³/mol. The SMILES string of the molecule is CNC(=O)c1ccc(/C=C/C=O)cc1OC. The van der Waals surface area contributed by atoms with Crippen LogP contribution in [0.4, 0.5) is 0 Å². The van der Waals surface area contributed by atoms with Gasteiger partial charge in [0.1, 0.15) is 12.0 Å². The normalized spacial score (nSPS) is 10.1. The zero-order valence-electron chi connectivity index (χ0n) is 9.19. The Morgan fingerprint density at radius 2 is 2.19 bits per heavy atom. The zero-order chi connectivity index (χ0) is 12.0. The fourth-order valence-electron chi connectivity index (χ4n) is 1.28. The van der Waals surface area contributed by atoms with Crippen LogP contribution in [0, 0.1) is 0 Å². The molecule has 0 aromatic heterocycles. The quantitative estimate of drug-likeness (QED) is 0.612. The highest BCUT2D eigenvalue weighted by molar-refractivity contribution is 5.97. The van der Waals surface area contributed by atoms with Gasteiger partial charge < -0.3 is 10.1 Å². The average Bonchev–Trinajstić information content (AvgIpc) is 2.34. The predicted octanol–water partition coefficient (Wildman–Crippen LogP) is 1.27. The van der Waals surface area contributed by atoms with E-state index in [1.54, 1.807) is 31.3 Å². The molecule has 1 aromatic carbocycles. The van der Waals surface area contributed by atoms with E-state index in [1.807, 2.05) is 0 Å². The summed E-state index contributed by atoms with van der Waals surface area (Å²) in [5, 5.41) is 2.53. The lowest BCUT2D eigenvalue weighted by Gasteiger charge is -2.07. The molecule has 0 fully saturated rings. The highest BCUT2D eigenvalue weighted by Crippen LogP contribution is 2.20. The van der Waals surface area contributed by atoms with Gasteiger partial charge in [-0.25, -0.2) is 0 Å². The van der Waals surface area contributed by atoms with Crippen LogP contribution in [-0.2, 0) is 4.79 Å². The van der Waals surface area contributed by atoms with Gasteiger partial charge in [0.05, 0.1) is 12.7 Å². The van der Waals surface area contributed by atoms with E-state index in [9.17, 15) is 9.59 Å². The Kier molecular flexibility index (Phi) is 4.27. The lowest BCUT2D eigenvalue weighted by Crippen LogP contribution is -2.18. The van der Waals surface area contributed by atoms with E-state index in [1.165, 1.54) is 13.2 Å². The van der Waals surface area contributed by atoms with Crippen molar-refractivity contribution in [3.05, 3.63) is 35.4 Å². The lowest BCUT2D eigenvalue weighted by molar-refractivity contribution is -0.104. The lowest BCUT2D eigenvalue weighted by atomic mass is 10.1. The van der Waals surface area contributed by atoms with Crippen LogP contribution in [0.15, 0.2) is 24.3 Å². The van der Waals surface area contributed by atoms with Crippen LogP contribution in [0.5, 0.6) is 5.75 Å². The van der Waals surface area contributed by atoms with E-state index < -0.39 is 0 Å². The molecule has 0 aliphatic carbocycles. The highest BCUT2D eigenvalue weighted by Gasteiger charge is 2.10. The van der Waals surface area contributed by atoms with E-state index in [2.05, 4.69) is 5.32 Å². The topological polar surface area (TPSA) is 55.4 Å². The number of allylic oxidation sites excluding steroid dienone is 1. The minimum Gasteiger partial charge on any atom is -0.496 e. The maximum atomic E-state index is 11.5. The molecule has 0 radical (unpaired) electrons. The van der Waals surface area contributed by atoms with Crippen LogP contribution in [-0.4, -0.2) is 26.4 Å². The van der Waals surface area contributed by atoms with E-state index in [0.717, 1.165) is 5.56 Å². The molecule has 1 N–H and O–H groups in total. The summed E-state index contributed by atoms with van der Waals surface area (Å²) in [5.74, 6) is 0.273. The molecule has 0 bridgehead atoms. The number of carbonyl (C=O) groups excluding carboxylic acids is 2. The van der Waals surface area contributed by atoms with Crippen molar-refractivity contribution in [3.8, 4) is 5.75 Å². The Morgan fingerprint density at radius 1 is 1.44 bits per heavy atom. The summed E-state index contributed by atoms with van der Waals surface area (Å²) >= 11 is 0. The summed E-state index contributed by atoms with van der Waals surface area (Å²) in [6.45, 7) is 0. The molecule has 0 aliphatic rings. The summed E-state index contributed by atoms with van der Waals surface area (Å²) in [6.07, 6.45) is 3.72. The number of carbonyl (C=O) groups is 2. The molecule has 1 rings (SSSR count). The Morgan fingerprint density at radius 3 is 2.75 bits per heavy atom. The molecule has 1 aromatic rings. The van der Waals surface area contributed by atoms with Gasteiger partial charge in [-0.05, 0) is 23.8 Å². The van der Waals surface area contributed by atoms with Gasteiger partial charge in [-0.2, -0.15) is 0 Å². The van der Waals surface area contributed by atoms with Gasteiger partial charge >= 0.3 is 0 Å². The Labute approximate surface area is 93.9 Å². The van der Waals surface area contributed by atoms with Crippen molar-refractivity contribution in [3.63, 3.8) is 0 Å². The molecule has 4 heteroatoms. The molecule has 0 saturated heterocycles. The fraction of sp³-hybridized carbons (Fsp3) is 0.167. The van der Waals surface area contributed by atoms with Crippen LogP contribution in [0.2, 0.25) is 0 Å². The van der Waals surface area contributed by atoms with Crippen molar-refractivity contribution in [2.45, 2.75) is 0 Å². The van der Waals surface area contributed by atoms with Crippen molar-refractivity contribution >= 4 is 18.3 Å². The first-order chi connectivity index (χ1) is 7.72. The van der Waals surface area contributed by atoms with Crippen LogP contribution in [0.3, 0.4) is 0 Å². The zero-order valence-corrected chi connectivity index (χ0v) is 9.19. The molecular formula is C12H13NO3. The monoisotopic (exact) mass is 219 g/mol. The second kappa shape index (κ2) is 5.70. The van der Waals surface area contributed by atoms with Gasteiger partial charge in [-0.3, -0.25) is 9.59 Å². The second-order valence-corrected chi connectivity index (χ2v) is 3.03. The third-order valence-electron chi connectivity index (χ3n) is 2.06. The van der Waals surface area contributed by atoms with Gasteiger partial charge in [-0.15, -0.1) is 0 Å². The first kappa shape index (κ1) is 12.0. The number of rotatable bonds is 4. The fourth-order valence-corrected chi connectivity index (χ4v) is 1.28. The maximum absolute atomic E-state index is 11.5. The molecule has 16 heavy (non-hydrogen) atoms. The number of benzene rings is 1. The third kappa shape index (κ3) is 2.70. The van der Waals surface area contributed by atoms with E-state index in [4.69, 9.17) is 4.74 Å². The molecule has 0 atom stereocenters. The minimum atomic E-state index is -0.206. The van der Waals surface area contributed by atoms with Crippen molar-refractivity contribution in [2.24, 2.45) is 0 Å². The van der Waals surface area contributed by atoms with Crippen LogP contribution in [0.1, 0.15) is 15.9 Å². The van der Waals surface area contributed by atoms with Crippen molar-refractivity contribution in [2.75, 3.05) is 14.2 Å². The molecule has 0 heterocycles. The third-order valence-corrected chi connectivity index (χ3v) is 2.06. The highest BCUT2D eigenvalue weighted by atomic mass is 16.5. The van der Waals surface area contributed by atoms with E-state index in [-0.39, 0.29) is 5.91 Å². The Bertz CT molecular complexity index is 424. The number of aldehydes is 1. The van der Waals surface area contributed by atoms with Crippen LogP contribution >= 0.6 is 0 Å². The van der Waals surface area contributed by atoms with Crippen molar-refractivity contribution in [1.29, 1.82) is 0 Å². The minimum absolute atomic E-state index is 0.206. The molecular weight excluding hydrogens is 206 g/mol. The largest absolute Gasteiger partial charge is 0.496 e. The number of nitrogens with one attached hydrogen (secondary N) is 1.